The van der Waals surface area contributed by atoms with Gasteiger partial charge in [0.25, 0.3) is 0 Å². The third kappa shape index (κ3) is 3.12. The molecule has 4 heteroatoms. The van der Waals surface area contributed by atoms with Crippen LogP contribution >= 0.6 is 11.9 Å². The fraction of sp³-hybridized carbons (Fsp3) is 0.455. The van der Waals surface area contributed by atoms with Crippen molar-refractivity contribution < 1.29 is 9.47 Å². The molecule has 3 nitrogen and oxygen atoms in total. The highest BCUT2D eigenvalue weighted by Crippen LogP contribution is 2.25. The molecule has 0 N–H and O–H groups in total. The second-order valence-corrected chi connectivity index (χ2v) is 4.48. The fourth-order valence-electron chi connectivity index (χ4n) is 1.42. The van der Waals surface area contributed by atoms with Gasteiger partial charge < -0.3 is 9.47 Å². The standard InChI is InChI=1S/C11H15NO2S/c1-13-10-2-4-11(5-3-10)15-12-6-8-14-9-7-12/h2-5H,6-9H2,1H3. The average Bonchev–Trinajstić information content (AvgIpc) is 2.31. The van der Waals surface area contributed by atoms with Crippen LogP contribution in [0.3, 0.4) is 0 Å². The van der Waals surface area contributed by atoms with Crippen molar-refractivity contribution in [3.05, 3.63) is 24.3 Å². The molecule has 0 saturated carbocycles. The Labute approximate surface area is 94.5 Å². The van der Waals surface area contributed by atoms with Crippen molar-refractivity contribution in [3.63, 3.8) is 0 Å². The van der Waals surface area contributed by atoms with Crippen LogP contribution in [0.2, 0.25) is 0 Å². The van der Waals surface area contributed by atoms with E-state index < -0.39 is 0 Å². The Bertz CT molecular complexity index is 296. The fourth-order valence-corrected chi connectivity index (χ4v) is 2.31. The molecule has 2 rings (SSSR count). The van der Waals surface area contributed by atoms with Crippen LogP contribution in [-0.2, 0) is 4.74 Å². The number of nitrogens with zero attached hydrogens (tertiary/aromatic N) is 1. The quantitative estimate of drug-likeness (QED) is 0.734. The molecular formula is C11H15NO2S. The lowest BCUT2D eigenvalue weighted by molar-refractivity contribution is 0.0773. The molecule has 0 atom stereocenters. The summed E-state index contributed by atoms with van der Waals surface area (Å²) >= 11 is 1.78. The van der Waals surface area contributed by atoms with Crippen LogP contribution in [0.15, 0.2) is 29.2 Å². The minimum atomic E-state index is 0.836. The van der Waals surface area contributed by atoms with Crippen molar-refractivity contribution in [1.82, 2.24) is 4.31 Å². The first-order valence-corrected chi connectivity index (χ1v) is 5.80. The first kappa shape index (κ1) is 10.8. The minimum Gasteiger partial charge on any atom is -0.497 e. The molecule has 0 bridgehead atoms. The number of hydrogen-bond acceptors (Lipinski definition) is 4. The van der Waals surface area contributed by atoms with Gasteiger partial charge in [-0.2, -0.15) is 0 Å². The van der Waals surface area contributed by atoms with E-state index in [9.17, 15) is 0 Å². The molecule has 0 unspecified atom stereocenters. The molecule has 15 heavy (non-hydrogen) atoms. The molecule has 0 aromatic heterocycles. The maximum atomic E-state index is 5.30. The lowest BCUT2D eigenvalue weighted by atomic mass is 10.3. The summed E-state index contributed by atoms with van der Waals surface area (Å²) in [5.41, 5.74) is 0. The Morgan fingerprint density at radius 1 is 1.20 bits per heavy atom. The summed E-state index contributed by atoms with van der Waals surface area (Å²) < 4.78 is 12.7. The van der Waals surface area contributed by atoms with E-state index in [1.807, 2.05) is 12.1 Å². The maximum absolute atomic E-state index is 5.30. The van der Waals surface area contributed by atoms with Gasteiger partial charge in [-0.3, -0.25) is 0 Å². The van der Waals surface area contributed by atoms with E-state index in [0.29, 0.717) is 0 Å². The van der Waals surface area contributed by atoms with Crippen LogP contribution in [0.4, 0.5) is 0 Å². The van der Waals surface area contributed by atoms with E-state index >= 15 is 0 Å². The van der Waals surface area contributed by atoms with Gasteiger partial charge in [-0.05, 0) is 36.2 Å². The molecule has 1 heterocycles. The molecule has 82 valence electrons. The van der Waals surface area contributed by atoms with E-state index in [4.69, 9.17) is 9.47 Å². The molecule has 0 amide bonds. The Hall–Kier alpha value is -0.710. The SMILES string of the molecule is COc1ccc(SN2CCOCC2)cc1. The number of benzene rings is 1. The number of morpholine rings is 1. The van der Waals surface area contributed by atoms with Gasteiger partial charge in [0.05, 0.1) is 20.3 Å². The van der Waals surface area contributed by atoms with E-state index in [1.165, 1.54) is 4.90 Å². The van der Waals surface area contributed by atoms with Crippen molar-refractivity contribution in [2.75, 3.05) is 33.4 Å². The van der Waals surface area contributed by atoms with Gasteiger partial charge in [-0.15, -0.1) is 0 Å². The van der Waals surface area contributed by atoms with E-state index in [-0.39, 0.29) is 0 Å². The van der Waals surface area contributed by atoms with Gasteiger partial charge in [-0.1, -0.05) is 0 Å². The van der Waals surface area contributed by atoms with Gasteiger partial charge in [-0.25, -0.2) is 4.31 Å². The van der Waals surface area contributed by atoms with Crippen LogP contribution in [0.5, 0.6) is 5.75 Å². The normalized spacial score (nSPS) is 17.7. The molecule has 1 aromatic carbocycles. The molecule has 1 aromatic rings. The summed E-state index contributed by atoms with van der Waals surface area (Å²) in [4.78, 5) is 1.25. The molecule has 1 saturated heterocycles. The predicted octanol–water partition coefficient (Wildman–Crippen LogP) is 2.03. The molecule has 1 fully saturated rings. The Morgan fingerprint density at radius 2 is 1.87 bits per heavy atom. The summed E-state index contributed by atoms with van der Waals surface area (Å²) in [6, 6.07) is 8.14. The minimum absolute atomic E-state index is 0.836. The van der Waals surface area contributed by atoms with Crippen molar-refractivity contribution in [3.8, 4) is 5.75 Å². The third-order valence-corrected chi connectivity index (χ3v) is 3.37. The van der Waals surface area contributed by atoms with E-state index in [0.717, 1.165) is 32.1 Å². The molecule has 1 aliphatic rings. The number of methoxy groups -OCH3 is 1. The zero-order valence-electron chi connectivity index (χ0n) is 8.81. The first-order valence-electron chi connectivity index (χ1n) is 5.03. The van der Waals surface area contributed by atoms with Gasteiger partial charge in [0.15, 0.2) is 0 Å². The summed E-state index contributed by atoms with van der Waals surface area (Å²) in [7, 11) is 1.68. The van der Waals surface area contributed by atoms with Crippen LogP contribution in [0, 0.1) is 0 Å². The highest BCUT2D eigenvalue weighted by molar-refractivity contribution is 7.97. The summed E-state index contributed by atoms with van der Waals surface area (Å²) in [5, 5.41) is 0. The van der Waals surface area contributed by atoms with Gasteiger partial charge in [0.1, 0.15) is 5.75 Å². The molecular weight excluding hydrogens is 210 g/mol. The molecule has 1 aliphatic heterocycles. The van der Waals surface area contributed by atoms with Gasteiger partial charge in [0, 0.05) is 18.0 Å². The highest BCUT2D eigenvalue weighted by Gasteiger charge is 2.11. The number of ether oxygens (including phenoxy) is 2. The Kier molecular flexibility index (Phi) is 3.88. The average molecular weight is 225 g/mol. The van der Waals surface area contributed by atoms with Crippen molar-refractivity contribution in [1.29, 1.82) is 0 Å². The summed E-state index contributed by atoms with van der Waals surface area (Å²) in [6.45, 7) is 3.67. The number of hydrogen-bond donors (Lipinski definition) is 0. The second-order valence-electron chi connectivity index (χ2n) is 3.31. The Balaban J connectivity index is 1.91. The Morgan fingerprint density at radius 3 is 2.47 bits per heavy atom. The largest absolute Gasteiger partial charge is 0.497 e. The van der Waals surface area contributed by atoms with Crippen LogP contribution in [0.25, 0.3) is 0 Å². The lowest BCUT2D eigenvalue weighted by Crippen LogP contribution is -2.30. The monoisotopic (exact) mass is 225 g/mol. The van der Waals surface area contributed by atoms with Gasteiger partial charge in [0.2, 0.25) is 0 Å². The topological polar surface area (TPSA) is 21.7 Å². The van der Waals surface area contributed by atoms with E-state index in [1.54, 1.807) is 19.1 Å². The molecule has 0 aliphatic carbocycles. The zero-order chi connectivity index (χ0) is 10.5. The van der Waals surface area contributed by atoms with Gasteiger partial charge >= 0.3 is 0 Å². The lowest BCUT2D eigenvalue weighted by Gasteiger charge is -2.25. The van der Waals surface area contributed by atoms with Crippen molar-refractivity contribution in [2.24, 2.45) is 0 Å². The van der Waals surface area contributed by atoms with Crippen LogP contribution in [0.1, 0.15) is 0 Å². The predicted molar refractivity (Wildman–Crippen MR) is 61.2 cm³/mol. The second kappa shape index (κ2) is 5.39. The first-order chi connectivity index (χ1) is 7.38. The van der Waals surface area contributed by atoms with Crippen molar-refractivity contribution >= 4 is 11.9 Å². The summed E-state index contributed by atoms with van der Waals surface area (Å²) in [6.07, 6.45) is 0. The van der Waals surface area contributed by atoms with Crippen LogP contribution in [-0.4, -0.2) is 37.7 Å². The van der Waals surface area contributed by atoms with Crippen LogP contribution < -0.4 is 4.74 Å². The third-order valence-electron chi connectivity index (χ3n) is 2.26. The highest BCUT2D eigenvalue weighted by atomic mass is 32.2. The zero-order valence-corrected chi connectivity index (χ0v) is 9.63. The maximum Gasteiger partial charge on any atom is 0.118 e. The van der Waals surface area contributed by atoms with E-state index in [2.05, 4.69) is 16.4 Å². The van der Waals surface area contributed by atoms with Crippen molar-refractivity contribution in [2.45, 2.75) is 4.90 Å². The molecule has 0 radical (unpaired) electrons. The number of rotatable bonds is 3. The molecule has 0 spiro atoms. The smallest absolute Gasteiger partial charge is 0.118 e. The summed E-state index contributed by atoms with van der Waals surface area (Å²) in [5.74, 6) is 0.904.